The van der Waals surface area contributed by atoms with Crippen LogP contribution in [0.5, 0.6) is 0 Å². The minimum absolute atomic E-state index is 0.218. The first-order valence-corrected chi connectivity index (χ1v) is 8.39. The number of fused-ring (bicyclic) bond motifs is 1. The molecule has 2 amide bonds. The molecule has 1 aliphatic rings. The van der Waals surface area contributed by atoms with Crippen LogP contribution in [0.3, 0.4) is 0 Å². The first-order chi connectivity index (χ1) is 11.7. The average Bonchev–Trinajstić information content (AvgIpc) is 3.25. The first-order valence-electron chi connectivity index (χ1n) is 8.39. The number of furan rings is 1. The molecular weight excluding hydrogens is 308 g/mol. The molecule has 0 aromatic carbocycles. The predicted molar refractivity (Wildman–Crippen MR) is 87.7 cm³/mol. The normalized spacial score (nSPS) is 13.4. The van der Waals surface area contributed by atoms with Gasteiger partial charge in [0.05, 0.1) is 18.5 Å². The van der Waals surface area contributed by atoms with Crippen molar-refractivity contribution in [1.82, 2.24) is 20.2 Å². The standard InChI is InChI=1S/C17H22N4O3/c1-2-8-18-17(23)15-20-14(13-7-3-4-9-21(13)15)16(22)19-11-12-6-5-10-24-12/h5-6,10H,2-4,7-9,11H2,1H3,(H,18,23)(H,19,22). The minimum Gasteiger partial charge on any atom is -0.467 e. The maximum Gasteiger partial charge on any atom is 0.287 e. The van der Waals surface area contributed by atoms with Gasteiger partial charge in [-0.25, -0.2) is 4.98 Å². The molecule has 2 aromatic heterocycles. The van der Waals surface area contributed by atoms with E-state index in [1.165, 1.54) is 0 Å². The Labute approximate surface area is 140 Å². The van der Waals surface area contributed by atoms with Crippen LogP contribution in [-0.4, -0.2) is 27.9 Å². The SMILES string of the molecule is CCCNC(=O)c1nc(C(=O)NCc2ccco2)c2n1CCCC2. The van der Waals surface area contributed by atoms with Gasteiger partial charge in [0, 0.05) is 13.1 Å². The molecule has 0 saturated heterocycles. The van der Waals surface area contributed by atoms with Gasteiger partial charge in [-0.2, -0.15) is 0 Å². The van der Waals surface area contributed by atoms with E-state index in [4.69, 9.17) is 4.42 Å². The highest BCUT2D eigenvalue weighted by Crippen LogP contribution is 2.21. The molecule has 0 atom stereocenters. The number of hydrogen-bond acceptors (Lipinski definition) is 4. The highest BCUT2D eigenvalue weighted by atomic mass is 16.3. The number of nitrogens with one attached hydrogen (secondary N) is 2. The molecule has 0 aliphatic carbocycles. The van der Waals surface area contributed by atoms with Crippen LogP contribution < -0.4 is 10.6 Å². The van der Waals surface area contributed by atoms with Gasteiger partial charge in [0.2, 0.25) is 0 Å². The summed E-state index contributed by atoms with van der Waals surface area (Å²) >= 11 is 0. The summed E-state index contributed by atoms with van der Waals surface area (Å²) in [6.45, 7) is 3.62. The number of nitrogens with zero attached hydrogens (tertiary/aromatic N) is 2. The summed E-state index contributed by atoms with van der Waals surface area (Å²) in [6.07, 6.45) is 5.18. The molecular formula is C17H22N4O3. The lowest BCUT2D eigenvalue weighted by molar-refractivity contribution is 0.0937. The van der Waals surface area contributed by atoms with Crippen molar-refractivity contribution in [3.05, 3.63) is 41.4 Å². The quantitative estimate of drug-likeness (QED) is 0.846. The third kappa shape index (κ3) is 3.34. The van der Waals surface area contributed by atoms with Gasteiger partial charge < -0.3 is 19.6 Å². The zero-order valence-electron chi connectivity index (χ0n) is 13.8. The van der Waals surface area contributed by atoms with Gasteiger partial charge in [0.25, 0.3) is 11.8 Å². The smallest absolute Gasteiger partial charge is 0.287 e. The Hall–Kier alpha value is -2.57. The monoisotopic (exact) mass is 330 g/mol. The number of imidazole rings is 1. The number of amides is 2. The fourth-order valence-corrected chi connectivity index (χ4v) is 2.88. The van der Waals surface area contributed by atoms with Crippen molar-refractivity contribution in [3.63, 3.8) is 0 Å². The van der Waals surface area contributed by atoms with E-state index in [1.54, 1.807) is 18.4 Å². The van der Waals surface area contributed by atoms with E-state index in [-0.39, 0.29) is 11.8 Å². The van der Waals surface area contributed by atoms with E-state index < -0.39 is 0 Å². The number of carbonyl (C=O) groups is 2. The molecule has 0 spiro atoms. The van der Waals surface area contributed by atoms with Crippen LogP contribution in [0, 0.1) is 0 Å². The van der Waals surface area contributed by atoms with Crippen LogP contribution in [-0.2, 0) is 19.5 Å². The van der Waals surface area contributed by atoms with Crippen LogP contribution in [0.1, 0.15) is 58.7 Å². The summed E-state index contributed by atoms with van der Waals surface area (Å²) in [6, 6.07) is 3.57. The zero-order valence-corrected chi connectivity index (χ0v) is 13.8. The Morgan fingerprint density at radius 1 is 1.29 bits per heavy atom. The van der Waals surface area contributed by atoms with Gasteiger partial charge in [-0.1, -0.05) is 6.92 Å². The molecule has 7 heteroatoms. The maximum absolute atomic E-state index is 12.5. The second-order valence-electron chi connectivity index (χ2n) is 5.86. The molecule has 24 heavy (non-hydrogen) atoms. The lowest BCUT2D eigenvalue weighted by Gasteiger charge is -2.17. The second-order valence-corrected chi connectivity index (χ2v) is 5.86. The lowest BCUT2D eigenvalue weighted by atomic mass is 10.1. The molecule has 7 nitrogen and oxygen atoms in total. The Morgan fingerprint density at radius 2 is 2.17 bits per heavy atom. The van der Waals surface area contributed by atoms with Gasteiger partial charge in [-0.3, -0.25) is 9.59 Å². The van der Waals surface area contributed by atoms with Gasteiger partial charge in [0.15, 0.2) is 5.82 Å². The van der Waals surface area contributed by atoms with Crippen molar-refractivity contribution in [1.29, 1.82) is 0 Å². The summed E-state index contributed by atoms with van der Waals surface area (Å²) in [4.78, 5) is 29.2. The Bertz CT molecular complexity index is 719. The van der Waals surface area contributed by atoms with E-state index >= 15 is 0 Å². The molecule has 2 aromatic rings. The number of hydrogen-bond donors (Lipinski definition) is 2. The Balaban J connectivity index is 1.80. The van der Waals surface area contributed by atoms with Crippen molar-refractivity contribution >= 4 is 11.8 Å². The van der Waals surface area contributed by atoms with E-state index in [1.807, 2.05) is 11.5 Å². The van der Waals surface area contributed by atoms with Crippen molar-refractivity contribution in [2.75, 3.05) is 6.54 Å². The number of aromatic nitrogens is 2. The Morgan fingerprint density at radius 3 is 2.92 bits per heavy atom. The molecule has 128 valence electrons. The molecule has 0 unspecified atom stereocenters. The Kier molecular flexibility index (Phi) is 4.98. The first kappa shape index (κ1) is 16.3. The van der Waals surface area contributed by atoms with Gasteiger partial charge >= 0.3 is 0 Å². The van der Waals surface area contributed by atoms with Crippen molar-refractivity contribution < 1.29 is 14.0 Å². The molecule has 0 saturated carbocycles. The molecule has 2 N–H and O–H groups in total. The summed E-state index contributed by atoms with van der Waals surface area (Å²) in [5.74, 6) is 0.523. The molecule has 0 fully saturated rings. The third-order valence-corrected chi connectivity index (χ3v) is 4.07. The van der Waals surface area contributed by atoms with E-state index in [0.29, 0.717) is 30.4 Å². The second kappa shape index (κ2) is 7.33. The fourth-order valence-electron chi connectivity index (χ4n) is 2.88. The van der Waals surface area contributed by atoms with Crippen LogP contribution in [0.4, 0.5) is 0 Å². The zero-order chi connectivity index (χ0) is 16.9. The highest BCUT2D eigenvalue weighted by Gasteiger charge is 2.27. The van der Waals surface area contributed by atoms with E-state index in [0.717, 1.165) is 37.9 Å². The van der Waals surface area contributed by atoms with Gasteiger partial charge in [0.1, 0.15) is 11.5 Å². The summed E-state index contributed by atoms with van der Waals surface area (Å²) < 4.78 is 7.10. The summed E-state index contributed by atoms with van der Waals surface area (Å²) in [5, 5.41) is 5.64. The van der Waals surface area contributed by atoms with Crippen LogP contribution in [0.25, 0.3) is 0 Å². The predicted octanol–water partition coefficient (Wildman–Crippen LogP) is 1.88. The lowest BCUT2D eigenvalue weighted by Crippen LogP contribution is -2.28. The third-order valence-electron chi connectivity index (χ3n) is 4.07. The minimum atomic E-state index is -0.272. The van der Waals surface area contributed by atoms with Crippen LogP contribution in [0.2, 0.25) is 0 Å². The van der Waals surface area contributed by atoms with Crippen LogP contribution in [0.15, 0.2) is 22.8 Å². The molecule has 0 radical (unpaired) electrons. The number of rotatable bonds is 6. The topological polar surface area (TPSA) is 89.2 Å². The van der Waals surface area contributed by atoms with Crippen molar-refractivity contribution in [2.45, 2.75) is 45.7 Å². The van der Waals surface area contributed by atoms with Gasteiger partial charge in [-0.05, 0) is 37.8 Å². The summed E-state index contributed by atoms with van der Waals surface area (Å²) in [5.41, 5.74) is 1.20. The van der Waals surface area contributed by atoms with Crippen molar-refractivity contribution in [2.24, 2.45) is 0 Å². The largest absolute Gasteiger partial charge is 0.467 e. The van der Waals surface area contributed by atoms with E-state index in [9.17, 15) is 9.59 Å². The molecule has 1 aliphatic heterocycles. The molecule has 3 rings (SSSR count). The maximum atomic E-state index is 12.5. The number of carbonyl (C=O) groups excluding carboxylic acids is 2. The average molecular weight is 330 g/mol. The fraction of sp³-hybridized carbons (Fsp3) is 0.471. The van der Waals surface area contributed by atoms with Crippen LogP contribution >= 0.6 is 0 Å². The van der Waals surface area contributed by atoms with Crippen molar-refractivity contribution in [3.8, 4) is 0 Å². The molecule has 3 heterocycles. The molecule has 0 bridgehead atoms. The summed E-state index contributed by atoms with van der Waals surface area (Å²) in [7, 11) is 0. The highest BCUT2D eigenvalue weighted by molar-refractivity contribution is 5.97. The van der Waals surface area contributed by atoms with Gasteiger partial charge in [-0.15, -0.1) is 0 Å². The van der Waals surface area contributed by atoms with E-state index in [2.05, 4.69) is 15.6 Å².